The van der Waals surface area contributed by atoms with Crippen molar-refractivity contribution in [1.29, 1.82) is 0 Å². The van der Waals surface area contributed by atoms with Crippen molar-refractivity contribution in [3.8, 4) is 0 Å². The molecule has 0 fully saturated rings. The van der Waals surface area contributed by atoms with Crippen molar-refractivity contribution >= 4 is 0 Å². The van der Waals surface area contributed by atoms with Gasteiger partial charge in [-0.2, -0.15) is 5.10 Å². The summed E-state index contributed by atoms with van der Waals surface area (Å²) in [6.07, 6.45) is 7.21. The van der Waals surface area contributed by atoms with Gasteiger partial charge in [0.05, 0.1) is 0 Å². The zero-order valence-electron chi connectivity index (χ0n) is 8.53. The Bertz CT molecular complexity index is 221. The number of unbranched alkanes of at least 4 members (excludes halogenated alkanes) is 1. The molecule has 13 heavy (non-hydrogen) atoms. The van der Waals surface area contributed by atoms with Crippen LogP contribution in [-0.2, 0) is 6.54 Å². The third-order valence-corrected chi connectivity index (χ3v) is 2.02. The Morgan fingerprint density at radius 1 is 1.38 bits per heavy atom. The molecule has 1 heterocycles. The largest absolute Gasteiger partial charge is 0.326 e. The van der Waals surface area contributed by atoms with Gasteiger partial charge in [0.15, 0.2) is 0 Å². The van der Waals surface area contributed by atoms with Crippen LogP contribution in [0, 0.1) is 0 Å². The fourth-order valence-electron chi connectivity index (χ4n) is 1.29. The van der Waals surface area contributed by atoms with Gasteiger partial charge in [0.25, 0.3) is 0 Å². The molecule has 0 aromatic carbocycles. The fraction of sp³-hybridized carbons (Fsp3) is 0.700. The molecule has 0 radical (unpaired) electrons. The van der Waals surface area contributed by atoms with Crippen molar-refractivity contribution in [3.63, 3.8) is 0 Å². The number of hydrogen-bond donors (Lipinski definition) is 1. The van der Waals surface area contributed by atoms with E-state index in [9.17, 15) is 0 Å². The normalized spacial score (nSPS) is 11.9. The quantitative estimate of drug-likeness (QED) is 0.704. The first-order valence-corrected chi connectivity index (χ1v) is 4.84. The highest BCUT2D eigenvalue weighted by Gasteiger charge is 2.08. The van der Waals surface area contributed by atoms with Crippen molar-refractivity contribution in [2.75, 3.05) is 0 Å². The molecule has 3 heteroatoms. The van der Waals surface area contributed by atoms with Crippen molar-refractivity contribution in [2.45, 2.75) is 45.2 Å². The van der Waals surface area contributed by atoms with Gasteiger partial charge in [-0.1, -0.05) is 0 Å². The van der Waals surface area contributed by atoms with E-state index in [1.165, 1.54) is 6.42 Å². The first-order chi connectivity index (χ1) is 6.08. The van der Waals surface area contributed by atoms with Crippen LogP contribution in [0.1, 0.15) is 33.1 Å². The molecule has 0 aliphatic carbocycles. The molecule has 0 unspecified atom stereocenters. The molecule has 0 amide bonds. The van der Waals surface area contributed by atoms with E-state index < -0.39 is 0 Å². The predicted octanol–water partition coefficient (Wildman–Crippen LogP) is 1.79. The van der Waals surface area contributed by atoms with Gasteiger partial charge in [0.1, 0.15) is 0 Å². The van der Waals surface area contributed by atoms with Crippen LogP contribution >= 0.6 is 0 Å². The van der Waals surface area contributed by atoms with Crippen LogP contribution in [0.25, 0.3) is 0 Å². The van der Waals surface area contributed by atoms with Gasteiger partial charge >= 0.3 is 0 Å². The number of rotatable bonds is 5. The van der Waals surface area contributed by atoms with Crippen molar-refractivity contribution in [3.05, 3.63) is 18.5 Å². The molecule has 1 rings (SSSR count). The molecule has 0 spiro atoms. The molecule has 74 valence electrons. The Balaban J connectivity index is 2.09. The maximum atomic E-state index is 5.87. The Morgan fingerprint density at radius 2 is 2.15 bits per heavy atom. The first-order valence-electron chi connectivity index (χ1n) is 4.84. The molecule has 1 aromatic heterocycles. The minimum atomic E-state index is -0.0237. The van der Waals surface area contributed by atoms with E-state index in [1.807, 2.05) is 23.1 Å². The van der Waals surface area contributed by atoms with E-state index in [2.05, 4.69) is 18.9 Å². The second-order valence-electron chi connectivity index (χ2n) is 4.21. The van der Waals surface area contributed by atoms with Gasteiger partial charge in [-0.05, 0) is 39.2 Å². The molecule has 0 aliphatic rings. The molecule has 0 saturated carbocycles. The molecule has 0 atom stereocenters. The van der Waals surface area contributed by atoms with Gasteiger partial charge in [-0.15, -0.1) is 0 Å². The van der Waals surface area contributed by atoms with Crippen LogP contribution in [-0.4, -0.2) is 15.3 Å². The fourth-order valence-corrected chi connectivity index (χ4v) is 1.29. The van der Waals surface area contributed by atoms with Crippen LogP contribution < -0.4 is 5.73 Å². The van der Waals surface area contributed by atoms with E-state index in [4.69, 9.17) is 5.73 Å². The average molecular weight is 181 g/mol. The Morgan fingerprint density at radius 3 is 2.69 bits per heavy atom. The topological polar surface area (TPSA) is 43.8 Å². The average Bonchev–Trinajstić information content (AvgIpc) is 2.48. The minimum absolute atomic E-state index is 0.0237. The standard InChI is InChI=1S/C10H19N3/c1-10(2,11)6-3-4-8-13-9-5-7-12-13/h5,7,9H,3-4,6,8,11H2,1-2H3. The molecular weight excluding hydrogens is 162 g/mol. The summed E-state index contributed by atoms with van der Waals surface area (Å²) >= 11 is 0. The number of nitrogens with two attached hydrogens (primary N) is 1. The molecule has 0 aliphatic heterocycles. The van der Waals surface area contributed by atoms with Crippen molar-refractivity contribution in [2.24, 2.45) is 5.73 Å². The maximum absolute atomic E-state index is 5.87. The van der Waals surface area contributed by atoms with Crippen molar-refractivity contribution < 1.29 is 0 Å². The van der Waals surface area contributed by atoms with Gasteiger partial charge < -0.3 is 5.73 Å². The lowest BCUT2D eigenvalue weighted by Gasteiger charge is -2.17. The van der Waals surface area contributed by atoms with E-state index in [0.717, 1.165) is 19.4 Å². The van der Waals surface area contributed by atoms with Crippen molar-refractivity contribution in [1.82, 2.24) is 9.78 Å². The lowest BCUT2D eigenvalue weighted by molar-refractivity contribution is 0.432. The minimum Gasteiger partial charge on any atom is -0.326 e. The van der Waals surface area contributed by atoms with Crippen LogP contribution in [0.3, 0.4) is 0 Å². The van der Waals surface area contributed by atoms with E-state index in [0.29, 0.717) is 0 Å². The summed E-state index contributed by atoms with van der Waals surface area (Å²) in [5.74, 6) is 0. The summed E-state index contributed by atoms with van der Waals surface area (Å²) in [7, 11) is 0. The number of nitrogens with zero attached hydrogens (tertiary/aromatic N) is 2. The van der Waals surface area contributed by atoms with E-state index in [-0.39, 0.29) is 5.54 Å². The lowest BCUT2D eigenvalue weighted by Crippen LogP contribution is -2.31. The Labute approximate surface area is 79.9 Å². The first kappa shape index (κ1) is 10.3. The second kappa shape index (κ2) is 4.42. The highest BCUT2D eigenvalue weighted by Crippen LogP contribution is 2.09. The van der Waals surface area contributed by atoms with Crippen LogP contribution in [0.2, 0.25) is 0 Å². The molecular formula is C10H19N3. The zero-order valence-corrected chi connectivity index (χ0v) is 8.53. The third-order valence-electron chi connectivity index (χ3n) is 2.02. The van der Waals surface area contributed by atoms with Crippen LogP contribution in [0.15, 0.2) is 18.5 Å². The molecule has 0 bridgehead atoms. The Kier molecular flexibility index (Phi) is 3.48. The molecule has 2 N–H and O–H groups in total. The highest BCUT2D eigenvalue weighted by molar-refractivity contribution is 4.77. The number of hydrogen-bond acceptors (Lipinski definition) is 2. The van der Waals surface area contributed by atoms with Gasteiger partial charge in [-0.3, -0.25) is 4.68 Å². The van der Waals surface area contributed by atoms with E-state index in [1.54, 1.807) is 0 Å². The van der Waals surface area contributed by atoms with Gasteiger partial charge in [0.2, 0.25) is 0 Å². The summed E-state index contributed by atoms with van der Waals surface area (Å²) in [6, 6.07) is 1.95. The molecule has 1 aromatic rings. The number of aryl methyl sites for hydroxylation is 1. The summed E-state index contributed by atoms with van der Waals surface area (Å²) in [6.45, 7) is 5.14. The van der Waals surface area contributed by atoms with E-state index >= 15 is 0 Å². The third kappa shape index (κ3) is 4.68. The Hall–Kier alpha value is -0.830. The highest BCUT2D eigenvalue weighted by atomic mass is 15.3. The SMILES string of the molecule is CC(C)(N)CCCCn1cccn1. The predicted molar refractivity (Wildman–Crippen MR) is 54.3 cm³/mol. The maximum Gasteiger partial charge on any atom is 0.0489 e. The summed E-state index contributed by atoms with van der Waals surface area (Å²) in [4.78, 5) is 0. The lowest BCUT2D eigenvalue weighted by atomic mass is 9.99. The van der Waals surface area contributed by atoms with Crippen LogP contribution in [0.4, 0.5) is 0 Å². The monoisotopic (exact) mass is 181 g/mol. The molecule has 3 nitrogen and oxygen atoms in total. The second-order valence-corrected chi connectivity index (χ2v) is 4.21. The summed E-state index contributed by atoms with van der Waals surface area (Å²) in [5.41, 5.74) is 5.85. The van der Waals surface area contributed by atoms with Gasteiger partial charge in [-0.25, -0.2) is 0 Å². The zero-order chi connectivity index (χ0) is 9.73. The summed E-state index contributed by atoms with van der Waals surface area (Å²) < 4.78 is 1.96. The number of aromatic nitrogens is 2. The smallest absolute Gasteiger partial charge is 0.0489 e. The molecule has 0 saturated heterocycles. The summed E-state index contributed by atoms with van der Waals surface area (Å²) in [5, 5.41) is 4.14. The van der Waals surface area contributed by atoms with Gasteiger partial charge in [0, 0.05) is 24.5 Å². The van der Waals surface area contributed by atoms with Crippen LogP contribution in [0.5, 0.6) is 0 Å².